The molecule has 0 aliphatic carbocycles. The fourth-order valence-corrected chi connectivity index (χ4v) is 4.89. The van der Waals surface area contributed by atoms with Crippen molar-refractivity contribution in [1.82, 2.24) is 15.6 Å². The molecule has 2 aromatic rings. The molecule has 2 unspecified atom stereocenters. The molecule has 1 aromatic carbocycles. The highest BCUT2D eigenvalue weighted by atomic mass is 19.1. The van der Waals surface area contributed by atoms with Gasteiger partial charge in [-0.1, -0.05) is 20.3 Å². The van der Waals surface area contributed by atoms with Gasteiger partial charge in [0.2, 0.25) is 0 Å². The number of pyridine rings is 1. The number of aromatic nitrogens is 1. The number of aryl methyl sites for hydroxylation is 1. The van der Waals surface area contributed by atoms with Crippen molar-refractivity contribution >= 4 is 11.6 Å². The molecular formula is C25H32F2N4O. The molecule has 1 aromatic heterocycles. The Kier molecular flexibility index (Phi) is 6.47. The molecule has 0 radical (unpaired) electrons. The molecule has 7 heteroatoms. The lowest BCUT2D eigenvalue weighted by Crippen LogP contribution is -2.42. The van der Waals surface area contributed by atoms with Crippen molar-refractivity contribution in [1.29, 1.82) is 0 Å². The van der Waals surface area contributed by atoms with E-state index < -0.39 is 11.6 Å². The number of halogens is 2. The molecule has 2 saturated heterocycles. The number of anilines is 1. The molecule has 2 atom stereocenters. The molecule has 2 fully saturated rings. The third-order valence-corrected chi connectivity index (χ3v) is 6.95. The first kappa shape index (κ1) is 22.6. The van der Waals surface area contributed by atoms with E-state index >= 15 is 0 Å². The number of nitrogens with zero attached hydrogens (tertiary/aromatic N) is 2. The number of carbonyl (C=O) groups excluding carboxylic acids is 1. The van der Waals surface area contributed by atoms with Gasteiger partial charge >= 0.3 is 0 Å². The summed E-state index contributed by atoms with van der Waals surface area (Å²) >= 11 is 0. The molecule has 5 nitrogen and oxygen atoms in total. The van der Waals surface area contributed by atoms with Gasteiger partial charge in [-0.2, -0.15) is 0 Å². The number of carbonyl (C=O) groups is 1. The minimum absolute atomic E-state index is 0.0338. The van der Waals surface area contributed by atoms with Crippen molar-refractivity contribution in [2.75, 3.05) is 31.1 Å². The van der Waals surface area contributed by atoms with E-state index in [2.05, 4.69) is 34.4 Å². The van der Waals surface area contributed by atoms with Gasteiger partial charge < -0.3 is 15.5 Å². The first-order valence-electron chi connectivity index (χ1n) is 11.6. The molecule has 1 amide bonds. The van der Waals surface area contributed by atoms with Gasteiger partial charge in [-0.05, 0) is 56.3 Å². The van der Waals surface area contributed by atoms with Gasteiger partial charge in [-0.15, -0.1) is 0 Å². The van der Waals surface area contributed by atoms with E-state index in [0.717, 1.165) is 57.1 Å². The van der Waals surface area contributed by atoms with Crippen LogP contribution in [-0.2, 0) is 0 Å². The monoisotopic (exact) mass is 442 g/mol. The van der Waals surface area contributed by atoms with Crippen molar-refractivity contribution in [3.05, 3.63) is 47.3 Å². The summed E-state index contributed by atoms with van der Waals surface area (Å²) in [5, 5.41) is 6.69. The Morgan fingerprint density at radius 3 is 2.69 bits per heavy atom. The van der Waals surface area contributed by atoms with Crippen LogP contribution in [0.25, 0.3) is 11.1 Å². The Balaban J connectivity index is 1.80. The van der Waals surface area contributed by atoms with Crippen molar-refractivity contribution in [2.24, 2.45) is 5.92 Å². The lowest BCUT2D eigenvalue weighted by atomic mass is 9.96. The second kappa shape index (κ2) is 9.14. The molecule has 2 N–H and O–H groups in total. The summed E-state index contributed by atoms with van der Waals surface area (Å²) < 4.78 is 28.2. The van der Waals surface area contributed by atoms with Gasteiger partial charge in [0.1, 0.15) is 11.6 Å². The average molecular weight is 443 g/mol. The second-order valence-electron chi connectivity index (χ2n) is 9.34. The van der Waals surface area contributed by atoms with Crippen LogP contribution in [0.2, 0.25) is 0 Å². The van der Waals surface area contributed by atoms with E-state index in [1.807, 2.05) is 6.92 Å². The maximum atomic E-state index is 14.1. The van der Waals surface area contributed by atoms with E-state index in [-0.39, 0.29) is 11.4 Å². The van der Waals surface area contributed by atoms with Gasteiger partial charge in [0.05, 0.1) is 16.9 Å². The Bertz CT molecular complexity index is 983. The number of amides is 1. The van der Waals surface area contributed by atoms with E-state index in [0.29, 0.717) is 34.8 Å². The van der Waals surface area contributed by atoms with Gasteiger partial charge in [0, 0.05) is 43.0 Å². The van der Waals surface area contributed by atoms with Gasteiger partial charge in [-0.3, -0.25) is 9.78 Å². The SMILES string of the molecule is CCC(C)CNC(=O)c1c(C)ncc(-c2cc(F)cc(F)c2)c1N1CCC2(CCCN2)C1. The number of hydrogen-bond acceptors (Lipinski definition) is 4. The lowest BCUT2D eigenvalue weighted by Gasteiger charge is -2.29. The van der Waals surface area contributed by atoms with Crippen LogP contribution < -0.4 is 15.5 Å². The normalized spacial score (nSPS) is 21.3. The fourth-order valence-electron chi connectivity index (χ4n) is 4.89. The Morgan fingerprint density at radius 2 is 2.03 bits per heavy atom. The zero-order chi connectivity index (χ0) is 22.9. The van der Waals surface area contributed by atoms with E-state index in [4.69, 9.17) is 0 Å². The first-order chi connectivity index (χ1) is 15.3. The zero-order valence-electron chi connectivity index (χ0n) is 19.1. The molecule has 2 aliphatic heterocycles. The predicted molar refractivity (Wildman–Crippen MR) is 123 cm³/mol. The first-order valence-corrected chi connectivity index (χ1v) is 11.6. The van der Waals surface area contributed by atoms with Gasteiger partial charge in [-0.25, -0.2) is 8.78 Å². The highest BCUT2D eigenvalue weighted by molar-refractivity contribution is 6.04. The Morgan fingerprint density at radius 1 is 1.28 bits per heavy atom. The quantitative estimate of drug-likeness (QED) is 0.694. The Labute approximate surface area is 188 Å². The highest BCUT2D eigenvalue weighted by Gasteiger charge is 2.41. The van der Waals surface area contributed by atoms with Crippen molar-refractivity contribution < 1.29 is 13.6 Å². The molecule has 2 aliphatic rings. The fraction of sp³-hybridized carbons (Fsp3) is 0.520. The summed E-state index contributed by atoms with van der Waals surface area (Å²) in [6, 6.07) is 3.47. The smallest absolute Gasteiger partial charge is 0.255 e. The minimum Gasteiger partial charge on any atom is -0.368 e. The van der Waals surface area contributed by atoms with Crippen LogP contribution in [-0.4, -0.2) is 42.6 Å². The summed E-state index contributed by atoms with van der Waals surface area (Å²) in [4.78, 5) is 20.0. The number of hydrogen-bond donors (Lipinski definition) is 2. The van der Waals surface area contributed by atoms with E-state index in [9.17, 15) is 13.6 Å². The highest BCUT2D eigenvalue weighted by Crippen LogP contribution is 2.40. The maximum Gasteiger partial charge on any atom is 0.255 e. The summed E-state index contributed by atoms with van der Waals surface area (Å²) in [6.45, 7) is 9.09. The molecule has 32 heavy (non-hydrogen) atoms. The topological polar surface area (TPSA) is 57.3 Å². The van der Waals surface area contributed by atoms with Crippen molar-refractivity contribution in [3.63, 3.8) is 0 Å². The minimum atomic E-state index is -0.648. The second-order valence-corrected chi connectivity index (χ2v) is 9.34. The van der Waals surface area contributed by atoms with Crippen LogP contribution in [0.5, 0.6) is 0 Å². The molecule has 172 valence electrons. The van der Waals surface area contributed by atoms with Crippen LogP contribution >= 0.6 is 0 Å². The summed E-state index contributed by atoms with van der Waals surface area (Å²) in [7, 11) is 0. The van der Waals surface area contributed by atoms with Gasteiger partial charge in [0.25, 0.3) is 5.91 Å². The lowest BCUT2D eigenvalue weighted by molar-refractivity contribution is 0.0947. The van der Waals surface area contributed by atoms with Crippen molar-refractivity contribution in [2.45, 2.75) is 52.0 Å². The summed E-state index contributed by atoms with van der Waals surface area (Å²) in [5.74, 6) is -1.13. The van der Waals surface area contributed by atoms with Crippen LogP contribution in [0.15, 0.2) is 24.4 Å². The third-order valence-electron chi connectivity index (χ3n) is 6.95. The van der Waals surface area contributed by atoms with Crippen LogP contribution in [0.4, 0.5) is 14.5 Å². The molecule has 3 heterocycles. The molecule has 0 bridgehead atoms. The summed E-state index contributed by atoms with van der Waals surface area (Å²) in [6.07, 6.45) is 5.80. The standard InChI is InChI=1S/C25H32F2N4O/c1-4-16(2)13-29-24(32)22-17(3)28-14-21(18-10-19(26)12-20(27)11-18)23(22)31-9-7-25(15-31)6-5-8-30-25/h10-12,14,16,30H,4-9,13,15H2,1-3H3,(H,29,32). The van der Waals surface area contributed by atoms with E-state index in [1.165, 1.54) is 12.1 Å². The summed E-state index contributed by atoms with van der Waals surface area (Å²) in [5.41, 5.74) is 2.83. The van der Waals surface area contributed by atoms with E-state index in [1.54, 1.807) is 6.20 Å². The average Bonchev–Trinajstić information content (AvgIpc) is 3.40. The van der Waals surface area contributed by atoms with Crippen LogP contribution in [0.1, 0.15) is 55.6 Å². The largest absolute Gasteiger partial charge is 0.368 e. The third kappa shape index (κ3) is 4.49. The molecule has 4 rings (SSSR count). The number of benzene rings is 1. The van der Waals surface area contributed by atoms with Gasteiger partial charge in [0.15, 0.2) is 0 Å². The number of rotatable bonds is 6. The van der Waals surface area contributed by atoms with Crippen LogP contribution in [0.3, 0.4) is 0 Å². The van der Waals surface area contributed by atoms with Crippen molar-refractivity contribution in [3.8, 4) is 11.1 Å². The maximum absolute atomic E-state index is 14.1. The molecular weight excluding hydrogens is 410 g/mol. The number of nitrogens with one attached hydrogen (secondary N) is 2. The zero-order valence-corrected chi connectivity index (χ0v) is 19.1. The predicted octanol–water partition coefficient (Wildman–Crippen LogP) is 4.44. The molecule has 0 saturated carbocycles. The van der Waals surface area contributed by atoms with Crippen LogP contribution in [0, 0.1) is 24.5 Å². The molecule has 1 spiro atoms. The Hall–Kier alpha value is -2.54.